The minimum Gasteiger partial charge on any atom is -0.390 e. The first-order chi connectivity index (χ1) is 17.6. The van der Waals surface area contributed by atoms with Crippen LogP contribution >= 0.6 is 11.3 Å². The van der Waals surface area contributed by atoms with Crippen LogP contribution in [0.1, 0.15) is 50.4 Å². The van der Waals surface area contributed by atoms with Gasteiger partial charge in [0.15, 0.2) is 0 Å². The van der Waals surface area contributed by atoms with Gasteiger partial charge in [0, 0.05) is 25.8 Å². The number of hydrogen-bond donors (Lipinski definition) is 4. The molecule has 37 heavy (non-hydrogen) atoms. The van der Waals surface area contributed by atoms with Gasteiger partial charge in [-0.25, -0.2) is 18.7 Å². The lowest BCUT2D eigenvalue weighted by atomic mass is 9.98. The summed E-state index contributed by atoms with van der Waals surface area (Å²) in [5, 5.41) is 28.0. The number of aliphatic hydroxyl groups excluding tert-OH is 2. The summed E-state index contributed by atoms with van der Waals surface area (Å²) in [4.78, 5) is 18.7. The maximum absolute atomic E-state index is 14.1. The van der Waals surface area contributed by atoms with E-state index in [0.29, 0.717) is 40.5 Å². The number of ether oxygens (including phenoxy) is 1. The standard InChI is InChI=1S/C25H32F2N6O3S/c1-11(36-4)10-29-24-30-12(2)17(23-32-19-16(37-23)7-8-28-18(19)13-5-6-13)22(33-24)31-15-9-14(25(3,26)27)20(34)21(15)35/h7-8,11,13-15,20-21,34-35H,5-6,9-10H2,1-4H3,(H2,29,30,31,33)/t11-,14+,15-,20-,21+/m1/s1. The van der Waals surface area contributed by atoms with Crippen LogP contribution in [0.5, 0.6) is 0 Å². The fraction of sp³-hybridized carbons (Fsp3) is 0.600. The number of pyridine rings is 1. The van der Waals surface area contributed by atoms with Crippen LogP contribution in [0.3, 0.4) is 0 Å². The lowest BCUT2D eigenvalue weighted by molar-refractivity contribution is -0.0950. The van der Waals surface area contributed by atoms with Gasteiger partial charge < -0.3 is 25.6 Å². The Morgan fingerprint density at radius 3 is 2.62 bits per heavy atom. The number of aromatic nitrogens is 4. The van der Waals surface area contributed by atoms with E-state index in [1.165, 1.54) is 11.3 Å². The van der Waals surface area contributed by atoms with Crippen molar-refractivity contribution in [1.82, 2.24) is 19.9 Å². The fourth-order valence-electron chi connectivity index (χ4n) is 4.82. The van der Waals surface area contributed by atoms with Crippen LogP contribution in [0.4, 0.5) is 20.5 Å². The number of methoxy groups -OCH3 is 1. The Bertz CT molecular complexity index is 1280. The maximum Gasteiger partial charge on any atom is 0.250 e. The number of aryl methyl sites for hydroxylation is 1. The summed E-state index contributed by atoms with van der Waals surface area (Å²) in [6, 6.07) is 1.10. The Kier molecular flexibility index (Phi) is 7.03. The Balaban J connectivity index is 1.54. The van der Waals surface area contributed by atoms with Crippen molar-refractivity contribution in [2.75, 3.05) is 24.3 Å². The van der Waals surface area contributed by atoms with E-state index in [9.17, 15) is 19.0 Å². The summed E-state index contributed by atoms with van der Waals surface area (Å²) in [5.41, 5.74) is 3.10. The van der Waals surface area contributed by atoms with Crippen molar-refractivity contribution >= 4 is 33.3 Å². The van der Waals surface area contributed by atoms with Gasteiger partial charge in [-0.3, -0.25) is 4.98 Å². The smallest absolute Gasteiger partial charge is 0.250 e. The summed E-state index contributed by atoms with van der Waals surface area (Å²) >= 11 is 1.49. The van der Waals surface area contributed by atoms with Crippen molar-refractivity contribution in [1.29, 1.82) is 0 Å². The number of rotatable bonds is 9. The minimum absolute atomic E-state index is 0.0862. The van der Waals surface area contributed by atoms with Crippen LogP contribution in [0, 0.1) is 12.8 Å². The van der Waals surface area contributed by atoms with E-state index < -0.39 is 30.1 Å². The monoisotopic (exact) mass is 534 g/mol. The van der Waals surface area contributed by atoms with Crippen molar-refractivity contribution < 1.29 is 23.7 Å². The molecule has 0 unspecified atom stereocenters. The molecule has 0 amide bonds. The zero-order chi connectivity index (χ0) is 26.5. The molecule has 2 aliphatic rings. The van der Waals surface area contributed by atoms with Crippen molar-refractivity contribution in [3.63, 3.8) is 0 Å². The predicted molar refractivity (Wildman–Crippen MR) is 138 cm³/mol. The molecule has 3 aromatic rings. The highest BCUT2D eigenvalue weighted by Gasteiger charge is 2.51. The number of nitrogens with zero attached hydrogens (tertiary/aromatic N) is 4. The summed E-state index contributed by atoms with van der Waals surface area (Å²) in [6.07, 6.45) is 0.845. The molecule has 0 aromatic carbocycles. The van der Waals surface area contributed by atoms with Crippen LogP contribution in [-0.4, -0.2) is 74.1 Å². The van der Waals surface area contributed by atoms with Gasteiger partial charge in [0.25, 0.3) is 5.92 Å². The molecule has 0 saturated heterocycles. The second-order valence-electron chi connectivity index (χ2n) is 10.2. The molecule has 0 bridgehead atoms. The number of nitrogens with one attached hydrogen (secondary N) is 2. The van der Waals surface area contributed by atoms with E-state index in [1.54, 1.807) is 13.3 Å². The van der Waals surface area contributed by atoms with Crippen molar-refractivity contribution in [2.45, 2.75) is 76.2 Å². The van der Waals surface area contributed by atoms with Gasteiger partial charge in [-0.2, -0.15) is 4.98 Å². The second-order valence-corrected chi connectivity index (χ2v) is 11.2. The topological polar surface area (TPSA) is 125 Å². The molecular formula is C25H32F2N6O3S. The average Bonchev–Trinajstić information content (AvgIpc) is 3.54. The van der Waals surface area contributed by atoms with Crippen LogP contribution < -0.4 is 10.6 Å². The quantitative estimate of drug-likeness (QED) is 0.323. The molecule has 9 nitrogen and oxygen atoms in total. The molecule has 4 N–H and O–H groups in total. The third-order valence-corrected chi connectivity index (χ3v) is 8.25. The predicted octanol–water partition coefficient (Wildman–Crippen LogP) is 3.96. The first kappa shape index (κ1) is 26.1. The van der Waals surface area contributed by atoms with Gasteiger partial charge in [0.1, 0.15) is 22.4 Å². The molecule has 12 heteroatoms. The van der Waals surface area contributed by atoms with Crippen LogP contribution in [0.25, 0.3) is 20.8 Å². The highest BCUT2D eigenvalue weighted by Crippen LogP contribution is 2.45. The van der Waals surface area contributed by atoms with Crippen molar-refractivity contribution in [3.05, 3.63) is 23.7 Å². The lowest BCUT2D eigenvalue weighted by Gasteiger charge is -2.22. The zero-order valence-electron chi connectivity index (χ0n) is 21.2. The molecule has 3 heterocycles. The lowest BCUT2D eigenvalue weighted by Crippen LogP contribution is -2.38. The van der Waals surface area contributed by atoms with Gasteiger partial charge in [0.05, 0.1) is 45.8 Å². The molecule has 5 atom stereocenters. The first-order valence-electron chi connectivity index (χ1n) is 12.5. The number of thiazole rings is 1. The van der Waals surface area contributed by atoms with E-state index in [4.69, 9.17) is 9.72 Å². The van der Waals surface area contributed by atoms with Gasteiger partial charge in [0.2, 0.25) is 5.95 Å². The van der Waals surface area contributed by atoms with Gasteiger partial charge in [-0.1, -0.05) is 0 Å². The highest BCUT2D eigenvalue weighted by molar-refractivity contribution is 7.21. The summed E-state index contributed by atoms with van der Waals surface area (Å²) in [5.74, 6) is -3.40. The fourth-order valence-corrected chi connectivity index (χ4v) is 5.89. The van der Waals surface area contributed by atoms with Crippen molar-refractivity contribution in [3.8, 4) is 10.6 Å². The Labute approximate surface area is 217 Å². The SMILES string of the molecule is CO[C@H](C)CNc1nc(C)c(-c2nc3c(C4CC4)nccc3s2)c(N[C@@H]2C[C@H](C(C)(F)F)[C@@H](O)[C@H]2O)n1. The molecule has 2 saturated carbocycles. The molecule has 200 valence electrons. The Morgan fingerprint density at radius 1 is 1.22 bits per heavy atom. The normalized spacial score (nSPS) is 25.0. The summed E-state index contributed by atoms with van der Waals surface area (Å²) in [7, 11) is 1.61. The molecule has 0 aliphatic heterocycles. The van der Waals surface area contributed by atoms with Crippen LogP contribution in [-0.2, 0) is 4.74 Å². The van der Waals surface area contributed by atoms with Crippen LogP contribution in [0.15, 0.2) is 12.3 Å². The van der Waals surface area contributed by atoms with Gasteiger partial charge in [-0.05, 0) is 46.1 Å². The minimum atomic E-state index is -3.14. The summed E-state index contributed by atoms with van der Waals surface area (Å²) < 4.78 is 34.5. The molecular weight excluding hydrogens is 502 g/mol. The molecule has 5 rings (SSSR count). The highest BCUT2D eigenvalue weighted by atomic mass is 32.1. The first-order valence-corrected chi connectivity index (χ1v) is 13.3. The number of alkyl halides is 2. The van der Waals surface area contributed by atoms with E-state index in [1.807, 2.05) is 19.9 Å². The van der Waals surface area contributed by atoms with E-state index in [2.05, 4.69) is 25.6 Å². The third-order valence-electron chi connectivity index (χ3n) is 7.21. The van der Waals surface area contributed by atoms with E-state index in [0.717, 1.165) is 35.7 Å². The third kappa shape index (κ3) is 5.25. The Morgan fingerprint density at radius 2 is 1.97 bits per heavy atom. The van der Waals surface area contributed by atoms with Gasteiger partial charge >= 0.3 is 0 Å². The average molecular weight is 535 g/mol. The van der Waals surface area contributed by atoms with E-state index >= 15 is 0 Å². The Hall–Kier alpha value is -2.54. The maximum atomic E-state index is 14.1. The van der Waals surface area contributed by atoms with Crippen molar-refractivity contribution in [2.24, 2.45) is 5.92 Å². The largest absolute Gasteiger partial charge is 0.390 e. The number of hydrogen-bond acceptors (Lipinski definition) is 10. The van der Waals surface area contributed by atoms with E-state index in [-0.39, 0.29) is 12.5 Å². The van der Waals surface area contributed by atoms with Crippen LogP contribution in [0.2, 0.25) is 0 Å². The molecule has 2 aliphatic carbocycles. The zero-order valence-corrected chi connectivity index (χ0v) is 22.0. The molecule has 3 aromatic heterocycles. The number of fused-ring (bicyclic) bond motifs is 1. The molecule has 0 spiro atoms. The second kappa shape index (κ2) is 9.97. The van der Waals surface area contributed by atoms with Gasteiger partial charge in [-0.15, -0.1) is 11.3 Å². The molecule has 2 fully saturated rings. The number of anilines is 2. The summed E-state index contributed by atoms with van der Waals surface area (Å²) in [6.45, 7) is 4.96. The number of halogens is 2. The number of aliphatic hydroxyl groups is 2. The molecule has 0 radical (unpaired) electrons.